The molecule has 3 aromatic rings. The van der Waals surface area contributed by atoms with Crippen LogP contribution in [0.2, 0.25) is 0 Å². The lowest BCUT2D eigenvalue weighted by Gasteiger charge is -2.28. The van der Waals surface area contributed by atoms with Gasteiger partial charge in [0, 0.05) is 17.8 Å². The fourth-order valence-electron chi connectivity index (χ4n) is 4.32. The average Bonchev–Trinajstić information content (AvgIpc) is 3.18. The third kappa shape index (κ3) is 4.55. The Labute approximate surface area is 194 Å². The van der Waals surface area contributed by atoms with Crippen LogP contribution in [0.5, 0.6) is 11.5 Å². The van der Waals surface area contributed by atoms with Gasteiger partial charge in [0.15, 0.2) is 11.5 Å². The van der Waals surface area contributed by atoms with Gasteiger partial charge in [0.05, 0.1) is 26.7 Å². The molecule has 0 radical (unpaired) electrons. The van der Waals surface area contributed by atoms with Gasteiger partial charge in [-0.3, -0.25) is 9.59 Å². The summed E-state index contributed by atoms with van der Waals surface area (Å²) >= 11 is 0. The molecular weight excluding hydrogens is 416 g/mol. The number of ether oxygens (including phenoxy) is 2. The molecule has 170 valence electrons. The second kappa shape index (κ2) is 9.77. The van der Waals surface area contributed by atoms with Gasteiger partial charge in [0.2, 0.25) is 5.91 Å². The summed E-state index contributed by atoms with van der Waals surface area (Å²) < 4.78 is 10.8. The van der Waals surface area contributed by atoms with E-state index in [-0.39, 0.29) is 18.2 Å². The van der Waals surface area contributed by atoms with E-state index >= 15 is 0 Å². The Bertz CT molecular complexity index is 1170. The lowest BCUT2D eigenvalue weighted by Crippen LogP contribution is -2.32. The smallest absolute Gasteiger partial charge is 0.255 e. The maximum atomic E-state index is 13.3. The van der Waals surface area contributed by atoms with Crippen LogP contribution in [0.25, 0.3) is 0 Å². The first-order chi connectivity index (χ1) is 16.0. The quantitative estimate of drug-likeness (QED) is 0.531. The van der Waals surface area contributed by atoms with E-state index in [0.29, 0.717) is 23.6 Å². The average molecular weight is 445 g/mol. The Morgan fingerprint density at radius 3 is 2.45 bits per heavy atom. The number of anilines is 1. The van der Waals surface area contributed by atoms with Crippen molar-refractivity contribution in [1.29, 1.82) is 0 Å². The highest BCUT2D eigenvalue weighted by Crippen LogP contribution is 2.37. The minimum absolute atomic E-state index is 0.0767. The van der Waals surface area contributed by atoms with Crippen LogP contribution in [0.4, 0.5) is 5.69 Å². The van der Waals surface area contributed by atoms with Crippen molar-refractivity contribution in [2.45, 2.75) is 32.4 Å². The van der Waals surface area contributed by atoms with Crippen molar-refractivity contribution >= 4 is 17.5 Å². The molecule has 1 atom stereocenters. The molecule has 1 aliphatic rings. The lowest BCUT2D eigenvalue weighted by atomic mass is 10.0. The standard InChI is InChI=1S/C27H28N2O4/c1-4-18-9-6-8-12-22(18)28-26(30)16-23(19-13-14-24(32-2)25(15-19)33-3)29-17-20-10-5-7-11-21(20)27(29)31/h5-15,23H,4,16-17H2,1-3H3,(H,28,30). The van der Waals surface area contributed by atoms with E-state index in [9.17, 15) is 9.59 Å². The van der Waals surface area contributed by atoms with Gasteiger partial charge in [0.25, 0.3) is 5.91 Å². The molecular formula is C27H28N2O4. The number of methoxy groups -OCH3 is 2. The monoisotopic (exact) mass is 444 g/mol. The molecule has 1 heterocycles. The van der Waals surface area contributed by atoms with E-state index in [1.54, 1.807) is 25.2 Å². The molecule has 1 aliphatic heterocycles. The van der Waals surface area contributed by atoms with E-state index in [1.165, 1.54) is 0 Å². The van der Waals surface area contributed by atoms with Crippen LogP contribution in [0.15, 0.2) is 66.7 Å². The largest absolute Gasteiger partial charge is 0.493 e. The molecule has 0 fully saturated rings. The second-order valence-electron chi connectivity index (χ2n) is 7.98. The van der Waals surface area contributed by atoms with Crippen molar-refractivity contribution in [2.24, 2.45) is 0 Å². The maximum Gasteiger partial charge on any atom is 0.255 e. The number of carbonyl (C=O) groups is 2. The van der Waals surface area contributed by atoms with Gasteiger partial charge >= 0.3 is 0 Å². The molecule has 0 saturated carbocycles. The number of benzene rings is 3. The number of fused-ring (bicyclic) bond motifs is 1. The van der Waals surface area contributed by atoms with Crippen LogP contribution in [-0.4, -0.2) is 30.9 Å². The normalized spacial score (nSPS) is 13.4. The van der Waals surface area contributed by atoms with Crippen LogP contribution in [0, 0.1) is 0 Å². The van der Waals surface area contributed by atoms with Crippen LogP contribution < -0.4 is 14.8 Å². The number of amides is 2. The molecule has 6 nitrogen and oxygen atoms in total. The predicted octanol–water partition coefficient (Wildman–Crippen LogP) is 4.99. The fraction of sp³-hybridized carbons (Fsp3) is 0.259. The highest BCUT2D eigenvalue weighted by atomic mass is 16.5. The number of rotatable bonds is 8. The Hall–Kier alpha value is -3.80. The maximum absolute atomic E-state index is 13.3. The highest BCUT2D eigenvalue weighted by molar-refractivity contribution is 5.99. The van der Waals surface area contributed by atoms with Gasteiger partial charge in [-0.25, -0.2) is 0 Å². The minimum atomic E-state index is -0.460. The van der Waals surface area contributed by atoms with Crippen molar-refractivity contribution in [3.8, 4) is 11.5 Å². The van der Waals surface area contributed by atoms with Gasteiger partial charge in [0.1, 0.15) is 0 Å². The van der Waals surface area contributed by atoms with Crippen LogP contribution in [0.3, 0.4) is 0 Å². The van der Waals surface area contributed by atoms with E-state index in [0.717, 1.165) is 28.8 Å². The summed E-state index contributed by atoms with van der Waals surface area (Å²) in [4.78, 5) is 28.2. The molecule has 0 aliphatic carbocycles. The van der Waals surface area contributed by atoms with Gasteiger partial charge in [-0.2, -0.15) is 0 Å². The molecule has 0 bridgehead atoms. The topological polar surface area (TPSA) is 67.9 Å². The van der Waals surface area contributed by atoms with E-state index in [1.807, 2.05) is 60.7 Å². The lowest BCUT2D eigenvalue weighted by molar-refractivity contribution is -0.117. The molecule has 6 heteroatoms. The van der Waals surface area contributed by atoms with Crippen LogP contribution in [-0.2, 0) is 17.8 Å². The fourth-order valence-corrected chi connectivity index (χ4v) is 4.32. The Balaban J connectivity index is 1.66. The predicted molar refractivity (Wildman–Crippen MR) is 128 cm³/mol. The van der Waals surface area contributed by atoms with Crippen LogP contribution >= 0.6 is 0 Å². The molecule has 1 N–H and O–H groups in total. The van der Waals surface area contributed by atoms with E-state index < -0.39 is 6.04 Å². The Kier molecular flexibility index (Phi) is 6.63. The summed E-state index contributed by atoms with van der Waals surface area (Å²) in [5.41, 5.74) is 4.32. The summed E-state index contributed by atoms with van der Waals surface area (Å²) in [7, 11) is 3.15. The summed E-state index contributed by atoms with van der Waals surface area (Å²) in [6, 6.07) is 20.4. The first-order valence-corrected chi connectivity index (χ1v) is 11.0. The van der Waals surface area contributed by atoms with Crippen molar-refractivity contribution in [1.82, 2.24) is 4.90 Å². The molecule has 0 aromatic heterocycles. The number of para-hydroxylation sites is 1. The molecule has 0 spiro atoms. The minimum Gasteiger partial charge on any atom is -0.493 e. The molecule has 1 unspecified atom stereocenters. The number of nitrogens with one attached hydrogen (secondary N) is 1. The van der Waals surface area contributed by atoms with Crippen molar-refractivity contribution in [3.63, 3.8) is 0 Å². The zero-order valence-corrected chi connectivity index (χ0v) is 19.1. The Morgan fingerprint density at radius 2 is 1.73 bits per heavy atom. The van der Waals surface area contributed by atoms with Gasteiger partial charge in [-0.05, 0) is 47.4 Å². The summed E-state index contributed by atoms with van der Waals surface area (Å²) in [5, 5.41) is 3.04. The van der Waals surface area contributed by atoms with Crippen molar-refractivity contribution in [2.75, 3.05) is 19.5 Å². The van der Waals surface area contributed by atoms with E-state index in [4.69, 9.17) is 9.47 Å². The first kappa shape index (κ1) is 22.4. The molecule has 33 heavy (non-hydrogen) atoms. The third-order valence-corrected chi connectivity index (χ3v) is 6.07. The third-order valence-electron chi connectivity index (χ3n) is 6.07. The SMILES string of the molecule is CCc1ccccc1NC(=O)CC(c1ccc(OC)c(OC)c1)N1Cc2ccccc2C1=O. The number of nitrogens with zero attached hydrogens (tertiary/aromatic N) is 1. The summed E-state index contributed by atoms with van der Waals surface area (Å²) in [6.07, 6.45) is 0.933. The number of hydrogen-bond acceptors (Lipinski definition) is 4. The van der Waals surface area contributed by atoms with Crippen LogP contribution in [0.1, 0.15) is 46.4 Å². The van der Waals surface area contributed by atoms with Crippen molar-refractivity contribution < 1.29 is 19.1 Å². The first-order valence-electron chi connectivity index (χ1n) is 11.0. The van der Waals surface area contributed by atoms with Gasteiger partial charge < -0.3 is 19.7 Å². The number of aryl methyl sites for hydroxylation is 1. The van der Waals surface area contributed by atoms with Gasteiger partial charge in [-0.15, -0.1) is 0 Å². The summed E-state index contributed by atoms with van der Waals surface area (Å²) in [5.74, 6) is 0.921. The molecule has 4 rings (SSSR count). The summed E-state index contributed by atoms with van der Waals surface area (Å²) in [6.45, 7) is 2.50. The molecule has 2 amide bonds. The van der Waals surface area contributed by atoms with E-state index in [2.05, 4.69) is 12.2 Å². The zero-order chi connectivity index (χ0) is 23.4. The number of carbonyl (C=O) groups excluding carboxylic acids is 2. The zero-order valence-electron chi connectivity index (χ0n) is 19.1. The Morgan fingerprint density at radius 1 is 1.00 bits per heavy atom. The number of hydrogen-bond donors (Lipinski definition) is 1. The van der Waals surface area contributed by atoms with Gasteiger partial charge in [-0.1, -0.05) is 49.4 Å². The molecule has 3 aromatic carbocycles. The molecule has 0 saturated heterocycles. The second-order valence-corrected chi connectivity index (χ2v) is 7.98. The van der Waals surface area contributed by atoms with Crippen molar-refractivity contribution in [3.05, 3.63) is 89.0 Å². The highest BCUT2D eigenvalue weighted by Gasteiger charge is 2.35.